The van der Waals surface area contributed by atoms with Gasteiger partial charge in [0, 0.05) is 24.6 Å². The summed E-state index contributed by atoms with van der Waals surface area (Å²) in [5.41, 5.74) is 1.36. The summed E-state index contributed by atoms with van der Waals surface area (Å²) in [4.78, 5) is 24.5. The van der Waals surface area contributed by atoms with Crippen LogP contribution >= 0.6 is 11.6 Å². The van der Waals surface area contributed by atoms with E-state index in [1.165, 1.54) is 63.4 Å². The molecule has 0 aromatic carbocycles. The topological polar surface area (TPSA) is 43.4 Å². The Hall–Kier alpha value is -0.830. The van der Waals surface area contributed by atoms with Crippen LogP contribution in [0.3, 0.4) is 0 Å². The van der Waals surface area contributed by atoms with E-state index in [0.29, 0.717) is 35.9 Å². The Labute approximate surface area is 219 Å². The molecule has 0 N–H and O–H groups in total. The molecule has 0 aromatic heterocycles. The van der Waals surface area contributed by atoms with E-state index in [0.717, 1.165) is 38.0 Å². The van der Waals surface area contributed by atoms with Crippen LogP contribution in [0.2, 0.25) is 0 Å². The standard InChI is InChI=1S/C31H49ClO3/c1-22(33)35-31(4)18-15-27-28-23(12-10-8-6-5-7-9-11-19-32)20-24-21-25(34)13-16-29(24,2)26(28)14-17-30(27,31)3/h21,23,26-28H,5-20H2,1-4H3/t23?,26?,27?,28?,29-,30-,31-/m0/s1. The summed E-state index contributed by atoms with van der Waals surface area (Å²) >= 11 is 5.81. The number of carbonyl (C=O) groups is 2. The van der Waals surface area contributed by atoms with Crippen LogP contribution in [-0.2, 0) is 14.3 Å². The third kappa shape index (κ3) is 5.14. The number of fused-ring (bicyclic) bond motifs is 5. The van der Waals surface area contributed by atoms with Gasteiger partial charge in [-0.2, -0.15) is 0 Å². The lowest BCUT2D eigenvalue weighted by molar-refractivity contribution is -0.180. The maximum absolute atomic E-state index is 12.4. The number of carbonyl (C=O) groups excluding carboxylic acids is 2. The first kappa shape index (κ1) is 27.2. The van der Waals surface area contributed by atoms with Gasteiger partial charge in [0.2, 0.25) is 0 Å². The molecule has 3 saturated carbocycles. The number of esters is 1. The molecule has 35 heavy (non-hydrogen) atoms. The number of hydrogen-bond acceptors (Lipinski definition) is 3. The molecule has 4 aliphatic rings. The Morgan fingerprint density at radius 3 is 2.31 bits per heavy atom. The molecule has 0 bridgehead atoms. The van der Waals surface area contributed by atoms with Crippen molar-refractivity contribution < 1.29 is 14.3 Å². The minimum atomic E-state index is -0.346. The van der Waals surface area contributed by atoms with Crippen molar-refractivity contribution in [2.24, 2.45) is 34.5 Å². The molecule has 0 aliphatic heterocycles. The smallest absolute Gasteiger partial charge is 0.303 e. The highest BCUT2D eigenvalue weighted by Crippen LogP contribution is 2.69. The Balaban J connectivity index is 1.51. The molecule has 0 spiro atoms. The lowest BCUT2D eigenvalue weighted by Gasteiger charge is -2.61. The summed E-state index contributed by atoms with van der Waals surface area (Å²) in [5.74, 6) is 3.62. The Morgan fingerprint density at radius 1 is 0.971 bits per heavy atom. The van der Waals surface area contributed by atoms with E-state index in [2.05, 4.69) is 26.8 Å². The van der Waals surface area contributed by atoms with Crippen LogP contribution in [0.5, 0.6) is 0 Å². The number of rotatable bonds is 10. The molecule has 0 aromatic rings. The molecule has 0 amide bonds. The van der Waals surface area contributed by atoms with Gasteiger partial charge in [0.1, 0.15) is 5.60 Å². The van der Waals surface area contributed by atoms with Crippen LogP contribution < -0.4 is 0 Å². The van der Waals surface area contributed by atoms with E-state index in [-0.39, 0.29) is 22.4 Å². The fourth-order valence-corrected chi connectivity index (χ4v) is 9.29. The zero-order chi connectivity index (χ0) is 25.3. The molecule has 4 aliphatic carbocycles. The Kier molecular flexibility index (Phi) is 8.46. The summed E-state index contributed by atoms with van der Waals surface area (Å²) in [5, 5.41) is 0. The van der Waals surface area contributed by atoms with Crippen molar-refractivity contribution in [1.29, 1.82) is 0 Å². The second kappa shape index (κ2) is 10.9. The van der Waals surface area contributed by atoms with E-state index < -0.39 is 0 Å². The number of unbranched alkanes of at least 4 members (excludes halogenated alkanes) is 6. The molecular weight excluding hydrogens is 456 g/mol. The minimum absolute atomic E-state index is 0.0581. The van der Waals surface area contributed by atoms with Crippen molar-refractivity contribution in [2.45, 2.75) is 130 Å². The second-order valence-electron chi connectivity index (χ2n) is 13.1. The normalized spacial score (nSPS) is 40.5. The molecule has 0 heterocycles. The minimum Gasteiger partial charge on any atom is -0.459 e. The van der Waals surface area contributed by atoms with Gasteiger partial charge in [-0.05, 0) is 93.5 Å². The summed E-state index contributed by atoms with van der Waals surface area (Å²) < 4.78 is 6.08. The van der Waals surface area contributed by atoms with E-state index in [4.69, 9.17) is 16.3 Å². The molecule has 4 unspecified atom stereocenters. The van der Waals surface area contributed by atoms with Crippen LogP contribution in [0.4, 0.5) is 0 Å². The molecular formula is C31H49ClO3. The first-order chi connectivity index (χ1) is 16.6. The Bertz CT molecular complexity index is 820. The third-order valence-electron chi connectivity index (χ3n) is 11.2. The van der Waals surface area contributed by atoms with Gasteiger partial charge in [0.25, 0.3) is 0 Å². The van der Waals surface area contributed by atoms with Crippen LogP contribution in [0, 0.1) is 34.5 Å². The van der Waals surface area contributed by atoms with Gasteiger partial charge in [-0.25, -0.2) is 0 Å². The SMILES string of the molecule is CC(=O)O[C@@]1(C)CCC2C3C(CCCCCCCCCCl)CC4=CC(=O)CC[C@]4(C)C3CC[C@@]21C. The highest BCUT2D eigenvalue weighted by Gasteiger charge is 2.65. The molecule has 0 radical (unpaired) electrons. The zero-order valence-corrected chi connectivity index (χ0v) is 23.6. The molecule has 198 valence electrons. The van der Waals surface area contributed by atoms with Gasteiger partial charge in [0.15, 0.2) is 5.78 Å². The van der Waals surface area contributed by atoms with Crippen LogP contribution in [0.25, 0.3) is 0 Å². The number of allylic oxidation sites excluding steroid dienone is 1. The fraction of sp³-hybridized carbons (Fsp3) is 0.871. The predicted octanol–water partition coefficient (Wildman–Crippen LogP) is 8.43. The van der Waals surface area contributed by atoms with Crippen LogP contribution in [0.1, 0.15) is 124 Å². The average molecular weight is 505 g/mol. The lowest BCUT2D eigenvalue weighted by atomic mass is 9.44. The molecule has 7 atom stereocenters. The summed E-state index contributed by atoms with van der Waals surface area (Å²) in [6, 6.07) is 0. The quantitative estimate of drug-likeness (QED) is 0.170. The summed E-state index contributed by atoms with van der Waals surface area (Å²) in [7, 11) is 0. The van der Waals surface area contributed by atoms with E-state index in [1.807, 2.05) is 0 Å². The molecule has 0 saturated heterocycles. The summed E-state index contributed by atoms with van der Waals surface area (Å²) in [6.45, 7) is 8.69. The number of alkyl halides is 1. The third-order valence-corrected chi connectivity index (χ3v) is 11.5. The molecule has 4 rings (SSSR count). The largest absolute Gasteiger partial charge is 0.459 e. The summed E-state index contributed by atoms with van der Waals surface area (Å²) in [6.07, 6.45) is 19.7. The molecule has 3 fully saturated rings. The van der Waals surface area contributed by atoms with Crippen molar-refractivity contribution in [1.82, 2.24) is 0 Å². The zero-order valence-electron chi connectivity index (χ0n) is 22.8. The number of ether oxygens (including phenoxy) is 1. The van der Waals surface area contributed by atoms with Gasteiger partial charge in [-0.3, -0.25) is 9.59 Å². The first-order valence-electron chi connectivity index (χ1n) is 14.6. The predicted molar refractivity (Wildman–Crippen MR) is 143 cm³/mol. The number of ketones is 1. The lowest BCUT2D eigenvalue weighted by Crippen LogP contribution is -2.57. The first-order valence-corrected chi connectivity index (χ1v) is 15.2. The van der Waals surface area contributed by atoms with Crippen molar-refractivity contribution >= 4 is 23.4 Å². The van der Waals surface area contributed by atoms with Crippen molar-refractivity contribution in [3.63, 3.8) is 0 Å². The maximum Gasteiger partial charge on any atom is 0.303 e. The monoisotopic (exact) mass is 504 g/mol. The van der Waals surface area contributed by atoms with Gasteiger partial charge in [-0.15, -0.1) is 11.6 Å². The highest BCUT2D eigenvalue weighted by molar-refractivity contribution is 6.17. The van der Waals surface area contributed by atoms with Crippen molar-refractivity contribution in [3.05, 3.63) is 11.6 Å². The number of halogens is 1. The van der Waals surface area contributed by atoms with E-state index in [1.54, 1.807) is 6.92 Å². The van der Waals surface area contributed by atoms with E-state index >= 15 is 0 Å². The molecule has 3 nitrogen and oxygen atoms in total. The van der Waals surface area contributed by atoms with Gasteiger partial charge in [-0.1, -0.05) is 57.9 Å². The maximum atomic E-state index is 12.4. The van der Waals surface area contributed by atoms with Crippen molar-refractivity contribution in [2.75, 3.05) is 5.88 Å². The van der Waals surface area contributed by atoms with Crippen molar-refractivity contribution in [3.8, 4) is 0 Å². The van der Waals surface area contributed by atoms with Gasteiger partial charge >= 0.3 is 5.97 Å². The fourth-order valence-electron chi connectivity index (χ4n) is 9.10. The van der Waals surface area contributed by atoms with Crippen LogP contribution in [-0.4, -0.2) is 23.2 Å². The second-order valence-corrected chi connectivity index (χ2v) is 13.5. The Morgan fingerprint density at radius 2 is 1.63 bits per heavy atom. The number of hydrogen-bond donors (Lipinski definition) is 0. The average Bonchev–Trinajstić information content (AvgIpc) is 3.06. The van der Waals surface area contributed by atoms with Gasteiger partial charge < -0.3 is 4.74 Å². The highest BCUT2D eigenvalue weighted by atomic mass is 35.5. The van der Waals surface area contributed by atoms with Crippen LogP contribution in [0.15, 0.2) is 11.6 Å². The molecule has 4 heteroatoms. The van der Waals surface area contributed by atoms with E-state index in [9.17, 15) is 9.59 Å². The van der Waals surface area contributed by atoms with Gasteiger partial charge in [0.05, 0.1) is 0 Å².